The lowest BCUT2D eigenvalue weighted by Crippen LogP contribution is -2.29. The highest BCUT2D eigenvalue weighted by Gasteiger charge is 2.37. The molecule has 1 saturated heterocycles. The molecule has 2 aliphatic rings. The molecule has 2 heterocycles. The second-order valence-corrected chi connectivity index (χ2v) is 5.88. The minimum Gasteiger partial charge on any atom is -0.456 e. The highest BCUT2D eigenvalue weighted by atomic mass is 16.4. The van der Waals surface area contributed by atoms with Gasteiger partial charge in [0.2, 0.25) is 0 Å². The van der Waals surface area contributed by atoms with Gasteiger partial charge in [0, 0.05) is 18.7 Å². The Balaban J connectivity index is 1.76. The lowest BCUT2D eigenvalue weighted by molar-refractivity contribution is 0.0750. The van der Waals surface area contributed by atoms with Crippen molar-refractivity contribution in [2.24, 2.45) is 11.8 Å². The van der Waals surface area contributed by atoms with Gasteiger partial charge in [0.05, 0.1) is 0 Å². The topological polar surface area (TPSA) is 33.5 Å². The number of carbonyl (C=O) groups excluding carboxylic acids is 1. The number of amides is 1. The van der Waals surface area contributed by atoms with E-state index in [0.717, 1.165) is 36.2 Å². The summed E-state index contributed by atoms with van der Waals surface area (Å²) < 4.78 is 5.55. The maximum Gasteiger partial charge on any atom is 0.289 e. The normalized spacial score (nSPS) is 27.3. The zero-order chi connectivity index (χ0) is 12.7. The molecule has 1 aromatic rings. The van der Waals surface area contributed by atoms with Gasteiger partial charge >= 0.3 is 0 Å². The molecule has 2 unspecified atom stereocenters. The first-order valence-corrected chi connectivity index (χ1v) is 7.01. The number of nitrogens with zero attached hydrogens (tertiary/aromatic N) is 1. The van der Waals surface area contributed by atoms with Crippen molar-refractivity contribution in [3.63, 3.8) is 0 Å². The van der Waals surface area contributed by atoms with E-state index in [0.29, 0.717) is 5.76 Å². The molecule has 1 aromatic heterocycles. The van der Waals surface area contributed by atoms with Crippen LogP contribution >= 0.6 is 0 Å². The Hall–Kier alpha value is -1.25. The molecule has 98 valence electrons. The largest absolute Gasteiger partial charge is 0.456 e. The molecule has 3 rings (SSSR count). The Morgan fingerprint density at radius 1 is 1.22 bits per heavy atom. The molecule has 1 aliphatic carbocycles. The fourth-order valence-electron chi connectivity index (χ4n) is 3.57. The lowest BCUT2D eigenvalue weighted by Gasteiger charge is -2.22. The van der Waals surface area contributed by atoms with Gasteiger partial charge < -0.3 is 9.32 Å². The van der Waals surface area contributed by atoms with Crippen molar-refractivity contribution in [1.29, 1.82) is 0 Å². The highest BCUT2D eigenvalue weighted by Crippen LogP contribution is 2.36. The number of rotatable bonds is 1. The van der Waals surface area contributed by atoms with Crippen LogP contribution in [0.4, 0.5) is 0 Å². The molecule has 3 heteroatoms. The Labute approximate surface area is 108 Å². The maximum absolute atomic E-state index is 12.5. The van der Waals surface area contributed by atoms with Crippen LogP contribution < -0.4 is 0 Å². The predicted molar refractivity (Wildman–Crippen MR) is 69.5 cm³/mol. The van der Waals surface area contributed by atoms with E-state index in [2.05, 4.69) is 0 Å². The molecule has 1 aliphatic heterocycles. The molecule has 1 amide bonds. The first kappa shape index (κ1) is 11.8. The molecular weight excluding hydrogens is 226 g/mol. The molecule has 3 nitrogen and oxygen atoms in total. The summed E-state index contributed by atoms with van der Waals surface area (Å²) in [6.45, 7) is 5.71. The van der Waals surface area contributed by atoms with E-state index < -0.39 is 0 Å². The SMILES string of the molecule is Cc1cc(C)c(C(=O)N2CC3CCCCC3C2)o1. The number of aryl methyl sites for hydroxylation is 2. The van der Waals surface area contributed by atoms with Gasteiger partial charge in [-0.25, -0.2) is 0 Å². The van der Waals surface area contributed by atoms with Crippen molar-refractivity contribution >= 4 is 5.91 Å². The van der Waals surface area contributed by atoms with Crippen molar-refractivity contribution in [1.82, 2.24) is 4.90 Å². The summed E-state index contributed by atoms with van der Waals surface area (Å²) >= 11 is 0. The number of hydrogen-bond donors (Lipinski definition) is 0. The monoisotopic (exact) mass is 247 g/mol. The third-order valence-corrected chi connectivity index (χ3v) is 4.50. The van der Waals surface area contributed by atoms with Crippen LogP contribution in [0.2, 0.25) is 0 Å². The summed E-state index contributed by atoms with van der Waals surface area (Å²) in [5, 5.41) is 0. The Morgan fingerprint density at radius 2 is 1.83 bits per heavy atom. The van der Waals surface area contributed by atoms with Gasteiger partial charge in [-0.2, -0.15) is 0 Å². The van der Waals surface area contributed by atoms with Crippen LogP contribution in [0.3, 0.4) is 0 Å². The van der Waals surface area contributed by atoms with Gasteiger partial charge in [-0.3, -0.25) is 4.79 Å². The standard InChI is InChI=1S/C15H21NO2/c1-10-7-11(2)18-14(10)15(17)16-8-12-5-3-4-6-13(12)9-16/h7,12-13H,3-6,8-9H2,1-2H3. The van der Waals surface area contributed by atoms with Crippen LogP contribution in [0.25, 0.3) is 0 Å². The average Bonchev–Trinajstić information content (AvgIpc) is 2.91. The molecule has 0 bridgehead atoms. The molecule has 1 saturated carbocycles. The summed E-state index contributed by atoms with van der Waals surface area (Å²) in [7, 11) is 0. The van der Waals surface area contributed by atoms with Crippen LogP contribution in [-0.4, -0.2) is 23.9 Å². The van der Waals surface area contributed by atoms with Crippen molar-refractivity contribution in [2.45, 2.75) is 39.5 Å². The molecule has 2 atom stereocenters. The number of fused-ring (bicyclic) bond motifs is 1. The quantitative estimate of drug-likeness (QED) is 0.763. The van der Waals surface area contributed by atoms with Crippen molar-refractivity contribution < 1.29 is 9.21 Å². The smallest absolute Gasteiger partial charge is 0.289 e. The molecule has 0 spiro atoms. The molecular formula is C15H21NO2. The maximum atomic E-state index is 12.5. The van der Waals surface area contributed by atoms with E-state index in [9.17, 15) is 4.79 Å². The van der Waals surface area contributed by atoms with Gasteiger partial charge in [-0.05, 0) is 44.6 Å². The van der Waals surface area contributed by atoms with Crippen LogP contribution in [-0.2, 0) is 0 Å². The molecule has 0 N–H and O–H groups in total. The third kappa shape index (κ3) is 1.96. The van der Waals surface area contributed by atoms with Crippen LogP contribution in [0.1, 0.15) is 47.6 Å². The number of likely N-dealkylation sites (tertiary alicyclic amines) is 1. The predicted octanol–water partition coefficient (Wildman–Crippen LogP) is 3.16. The van der Waals surface area contributed by atoms with E-state index in [1.165, 1.54) is 25.7 Å². The summed E-state index contributed by atoms with van der Waals surface area (Å²) in [5.74, 6) is 2.94. The van der Waals surface area contributed by atoms with Gasteiger partial charge in [0.25, 0.3) is 5.91 Å². The number of carbonyl (C=O) groups is 1. The second kappa shape index (κ2) is 4.45. The van der Waals surface area contributed by atoms with E-state index in [4.69, 9.17) is 4.42 Å². The van der Waals surface area contributed by atoms with Crippen LogP contribution in [0.15, 0.2) is 10.5 Å². The highest BCUT2D eigenvalue weighted by molar-refractivity contribution is 5.93. The molecule has 0 radical (unpaired) electrons. The van der Waals surface area contributed by atoms with Crippen molar-refractivity contribution in [3.05, 3.63) is 23.2 Å². The first-order chi connectivity index (χ1) is 8.65. The van der Waals surface area contributed by atoms with E-state index in [-0.39, 0.29) is 5.91 Å². The summed E-state index contributed by atoms with van der Waals surface area (Å²) in [5.41, 5.74) is 0.965. The second-order valence-electron chi connectivity index (χ2n) is 5.88. The van der Waals surface area contributed by atoms with E-state index in [1.807, 2.05) is 24.8 Å². The Morgan fingerprint density at radius 3 is 2.33 bits per heavy atom. The van der Waals surface area contributed by atoms with Gasteiger partial charge in [-0.1, -0.05) is 12.8 Å². The number of furan rings is 1. The van der Waals surface area contributed by atoms with Crippen LogP contribution in [0, 0.1) is 25.7 Å². The molecule has 2 fully saturated rings. The first-order valence-electron chi connectivity index (χ1n) is 7.01. The third-order valence-electron chi connectivity index (χ3n) is 4.50. The minimum absolute atomic E-state index is 0.0926. The Kier molecular flexibility index (Phi) is 2.92. The van der Waals surface area contributed by atoms with Gasteiger partial charge in [0.1, 0.15) is 5.76 Å². The fourth-order valence-corrected chi connectivity index (χ4v) is 3.57. The Bertz CT molecular complexity index is 449. The van der Waals surface area contributed by atoms with E-state index in [1.54, 1.807) is 0 Å². The zero-order valence-electron chi connectivity index (χ0n) is 11.2. The van der Waals surface area contributed by atoms with E-state index >= 15 is 0 Å². The average molecular weight is 247 g/mol. The number of hydrogen-bond acceptors (Lipinski definition) is 2. The summed E-state index contributed by atoms with van der Waals surface area (Å²) in [6, 6.07) is 1.94. The molecule has 0 aromatic carbocycles. The zero-order valence-corrected chi connectivity index (χ0v) is 11.2. The lowest BCUT2D eigenvalue weighted by atomic mass is 9.82. The fraction of sp³-hybridized carbons (Fsp3) is 0.667. The van der Waals surface area contributed by atoms with Crippen molar-refractivity contribution in [3.8, 4) is 0 Å². The minimum atomic E-state index is 0.0926. The van der Waals surface area contributed by atoms with Gasteiger partial charge in [-0.15, -0.1) is 0 Å². The van der Waals surface area contributed by atoms with Gasteiger partial charge in [0.15, 0.2) is 5.76 Å². The summed E-state index contributed by atoms with van der Waals surface area (Å²) in [4.78, 5) is 14.5. The van der Waals surface area contributed by atoms with Crippen LogP contribution in [0.5, 0.6) is 0 Å². The molecule has 18 heavy (non-hydrogen) atoms. The van der Waals surface area contributed by atoms with Crippen molar-refractivity contribution in [2.75, 3.05) is 13.1 Å². The summed E-state index contributed by atoms with van der Waals surface area (Å²) in [6.07, 6.45) is 5.26.